The van der Waals surface area contributed by atoms with Crippen molar-refractivity contribution >= 4 is 22.9 Å². The lowest BCUT2D eigenvalue weighted by atomic mass is 9.91. The van der Waals surface area contributed by atoms with Crippen LogP contribution in [0.15, 0.2) is 27.4 Å². The second kappa shape index (κ2) is 8.46. The first-order chi connectivity index (χ1) is 14.7. The summed E-state index contributed by atoms with van der Waals surface area (Å²) in [6, 6.07) is 4.96. The Kier molecular flexibility index (Phi) is 5.88. The third kappa shape index (κ3) is 4.82. The van der Waals surface area contributed by atoms with Crippen LogP contribution in [-0.4, -0.2) is 30.1 Å². The Morgan fingerprint density at radius 3 is 2.48 bits per heavy atom. The van der Waals surface area contributed by atoms with Crippen LogP contribution < -0.4 is 15.7 Å². The van der Waals surface area contributed by atoms with Gasteiger partial charge in [-0.05, 0) is 70.6 Å². The smallest absolute Gasteiger partial charge is 0.365 e. The summed E-state index contributed by atoms with van der Waals surface area (Å²) in [4.78, 5) is 37.2. The van der Waals surface area contributed by atoms with Crippen LogP contribution in [0.4, 0.5) is 0 Å². The Hall–Kier alpha value is -2.67. The summed E-state index contributed by atoms with van der Waals surface area (Å²) in [7, 11) is 0. The molecule has 2 aromatic rings. The molecule has 31 heavy (non-hydrogen) atoms. The van der Waals surface area contributed by atoms with Gasteiger partial charge in [-0.15, -0.1) is 0 Å². The van der Waals surface area contributed by atoms with Crippen molar-refractivity contribution in [2.24, 2.45) is 5.92 Å². The van der Waals surface area contributed by atoms with Crippen molar-refractivity contribution in [2.75, 3.05) is 6.54 Å². The lowest BCUT2D eigenvalue weighted by molar-refractivity contribution is -0.690. The molecular formula is C24H30NO6+. The molecule has 0 amide bonds. The Balaban J connectivity index is 1.41. The maximum atomic E-state index is 12.7. The van der Waals surface area contributed by atoms with Crippen LogP contribution in [0.5, 0.6) is 5.75 Å². The van der Waals surface area contributed by atoms with Gasteiger partial charge >= 0.3 is 17.6 Å². The maximum absolute atomic E-state index is 12.7. The molecule has 1 aliphatic carbocycles. The highest BCUT2D eigenvalue weighted by Crippen LogP contribution is 2.29. The summed E-state index contributed by atoms with van der Waals surface area (Å²) < 4.78 is 16.5. The third-order valence-corrected chi connectivity index (χ3v) is 5.99. The van der Waals surface area contributed by atoms with E-state index >= 15 is 0 Å². The fourth-order valence-corrected chi connectivity index (χ4v) is 4.44. The molecule has 0 bridgehead atoms. The fraction of sp³-hybridized carbons (Fsp3) is 0.542. The van der Waals surface area contributed by atoms with E-state index < -0.39 is 5.60 Å². The average Bonchev–Trinajstić information content (AvgIpc) is 2.73. The lowest BCUT2D eigenvalue weighted by Crippen LogP contribution is -2.95. The molecule has 7 nitrogen and oxygen atoms in total. The first-order valence-corrected chi connectivity index (χ1v) is 11.1. The molecule has 0 saturated carbocycles. The molecule has 166 valence electrons. The number of benzene rings is 1. The third-order valence-electron chi connectivity index (χ3n) is 5.99. The quantitative estimate of drug-likeness (QED) is 0.457. The van der Waals surface area contributed by atoms with E-state index in [-0.39, 0.29) is 29.5 Å². The van der Waals surface area contributed by atoms with E-state index in [4.69, 9.17) is 13.9 Å². The number of rotatable bonds is 3. The number of nitrogens with two attached hydrogens (primary N) is 1. The number of quaternary nitrogens is 1. The number of piperidine rings is 1. The number of hydrogen-bond acceptors (Lipinski definition) is 6. The summed E-state index contributed by atoms with van der Waals surface area (Å²) in [6.07, 6.45) is 4.82. The minimum atomic E-state index is -0.523. The van der Waals surface area contributed by atoms with Crippen molar-refractivity contribution < 1.29 is 28.8 Å². The molecule has 1 aromatic carbocycles. The number of carbonyl (C=O) groups is 2. The van der Waals surface area contributed by atoms with E-state index in [2.05, 4.69) is 0 Å². The molecule has 0 radical (unpaired) electrons. The number of hydrogen-bond donors (Lipinski definition) is 1. The summed E-state index contributed by atoms with van der Waals surface area (Å²) >= 11 is 0. The van der Waals surface area contributed by atoms with Crippen molar-refractivity contribution in [1.29, 1.82) is 0 Å². The Bertz CT molecular complexity index is 1060. The standard InChI is InChI=1S/C24H29NO6/c1-24(2,3)31-23(28)19-11-8-14(13-25-19)21(26)29-15-9-10-17-16-6-4-5-7-18(16)22(27)30-20(17)12-15/h9-10,12,14,19,25H,4-8,11,13H2,1-3H3/p+1/t14-,19+/m0/s1. The second-order valence-electron chi connectivity index (χ2n) is 9.52. The van der Waals surface area contributed by atoms with E-state index in [1.165, 1.54) is 0 Å². The molecule has 1 saturated heterocycles. The zero-order valence-electron chi connectivity index (χ0n) is 18.4. The minimum absolute atomic E-state index is 0.243. The molecule has 1 aliphatic heterocycles. The van der Waals surface area contributed by atoms with Crippen LogP contribution in [0.2, 0.25) is 0 Å². The number of esters is 2. The van der Waals surface area contributed by atoms with Gasteiger partial charge in [-0.1, -0.05) is 0 Å². The number of ether oxygens (including phenoxy) is 2. The molecule has 0 unspecified atom stereocenters. The van der Waals surface area contributed by atoms with Crippen LogP contribution in [0.25, 0.3) is 11.0 Å². The topological polar surface area (TPSA) is 99.4 Å². The van der Waals surface area contributed by atoms with Gasteiger partial charge in [-0.2, -0.15) is 0 Å². The van der Waals surface area contributed by atoms with E-state index in [0.717, 1.165) is 42.2 Å². The van der Waals surface area contributed by atoms with Gasteiger partial charge in [-0.25, -0.2) is 9.59 Å². The molecule has 2 heterocycles. The predicted molar refractivity (Wildman–Crippen MR) is 114 cm³/mol. The van der Waals surface area contributed by atoms with Crippen LogP contribution in [-0.2, 0) is 27.2 Å². The van der Waals surface area contributed by atoms with Gasteiger partial charge in [0, 0.05) is 23.4 Å². The molecule has 4 rings (SSSR count). The van der Waals surface area contributed by atoms with Crippen molar-refractivity contribution in [3.05, 3.63) is 39.7 Å². The lowest BCUT2D eigenvalue weighted by Gasteiger charge is -2.27. The first kappa shape index (κ1) is 21.6. The summed E-state index contributed by atoms with van der Waals surface area (Å²) in [5.74, 6) is -0.513. The summed E-state index contributed by atoms with van der Waals surface area (Å²) in [5.41, 5.74) is 1.48. The second-order valence-corrected chi connectivity index (χ2v) is 9.52. The average molecular weight is 429 g/mol. The molecule has 0 spiro atoms. The van der Waals surface area contributed by atoms with Crippen molar-refractivity contribution in [1.82, 2.24) is 0 Å². The van der Waals surface area contributed by atoms with Gasteiger partial charge in [0.25, 0.3) is 0 Å². The van der Waals surface area contributed by atoms with Gasteiger partial charge in [0.15, 0.2) is 6.04 Å². The summed E-state index contributed by atoms with van der Waals surface area (Å²) in [5, 5.41) is 2.77. The van der Waals surface area contributed by atoms with E-state index in [1.807, 2.05) is 32.2 Å². The van der Waals surface area contributed by atoms with Crippen molar-refractivity contribution in [2.45, 2.75) is 70.9 Å². The van der Waals surface area contributed by atoms with E-state index in [9.17, 15) is 14.4 Å². The SMILES string of the molecule is CC(C)(C)OC(=O)[C@H]1CC[C@H](C(=O)Oc2ccc3c4c(c(=O)oc3c2)CCCC4)C[NH2+]1. The van der Waals surface area contributed by atoms with Gasteiger partial charge in [-0.3, -0.25) is 4.79 Å². The predicted octanol–water partition coefficient (Wildman–Crippen LogP) is 2.26. The minimum Gasteiger partial charge on any atom is -0.456 e. The van der Waals surface area contributed by atoms with Gasteiger partial charge in [0.1, 0.15) is 22.9 Å². The van der Waals surface area contributed by atoms with Crippen molar-refractivity contribution in [3.8, 4) is 5.75 Å². The zero-order chi connectivity index (χ0) is 22.2. The Labute approximate surface area is 181 Å². The van der Waals surface area contributed by atoms with Gasteiger partial charge in [0.2, 0.25) is 0 Å². The highest BCUT2D eigenvalue weighted by molar-refractivity contribution is 5.84. The van der Waals surface area contributed by atoms with Crippen LogP contribution in [0.1, 0.15) is 57.6 Å². The van der Waals surface area contributed by atoms with Crippen LogP contribution in [0.3, 0.4) is 0 Å². The molecular weight excluding hydrogens is 398 g/mol. The molecule has 1 fully saturated rings. The largest absolute Gasteiger partial charge is 0.456 e. The number of aryl methyl sites for hydroxylation is 1. The highest BCUT2D eigenvalue weighted by atomic mass is 16.6. The molecule has 1 aromatic heterocycles. The van der Waals surface area contributed by atoms with Crippen molar-refractivity contribution in [3.63, 3.8) is 0 Å². The van der Waals surface area contributed by atoms with E-state index in [1.54, 1.807) is 12.1 Å². The van der Waals surface area contributed by atoms with Gasteiger partial charge < -0.3 is 19.2 Å². The van der Waals surface area contributed by atoms with Crippen LogP contribution >= 0.6 is 0 Å². The monoisotopic (exact) mass is 428 g/mol. The molecule has 2 atom stereocenters. The molecule has 7 heteroatoms. The Morgan fingerprint density at radius 1 is 1.06 bits per heavy atom. The van der Waals surface area contributed by atoms with E-state index in [0.29, 0.717) is 30.7 Å². The first-order valence-electron chi connectivity index (χ1n) is 11.1. The fourth-order valence-electron chi connectivity index (χ4n) is 4.44. The molecule has 2 N–H and O–H groups in total. The number of carbonyl (C=O) groups excluding carboxylic acids is 2. The number of fused-ring (bicyclic) bond motifs is 3. The normalized spacial score (nSPS) is 21.4. The highest BCUT2D eigenvalue weighted by Gasteiger charge is 2.36. The molecule has 2 aliphatic rings. The Morgan fingerprint density at radius 2 is 1.81 bits per heavy atom. The van der Waals surface area contributed by atoms with Crippen LogP contribution in [0, 0.1) is 5.92 Å². The zero-order valence-corrected chi connectivity index (χ0v) is 18.4. The summed E-state index contributed by atoms with van der Waals surface area (Å²) in [6.45, 7) is 6.00. The maximum Gasteiger partial charge on any atom is 0.365 e. The van der Waals surface area contributed by atoms with Gasteiger partial charge in [0.05, 0.1) is 6.54 Å².